The Morgan fingerprint density at radius 3 is 2.59 bits per heavy atom. The van der Waals surface area contributed by atoms with Crippen molar-refractivity contribution in [1.82, 2.24) is 10.3 Å². The van der Waals surface area contributed by atoms with Crippen LogP contribution in [0.1, 0.15) is 35.5 Å². The van der Waals surface area contributed by atoms with Crippen molar-refractivity contribution < 1.29 is 13.2 Å². The van der Waals surface area contributed by atoms with Gasteiger partial charge >= 0.3 is 0 Å². The molecule has 27 heavy (non-hydrogen) atoms. The fourth-order valence-corrected chi connectivity index (χ4v) is 4.99. The number of amides is 1. The second-order valence-electron chi connectivity index (χ2n) is 6.62. The third kappa shape index (κ3) is 4.54. The van der Waals surface area contributed by atoms with Gasteiger partial charge in [-0.15, -0.1) is 11.3 Å². The number of thiazole rings is 1. The molecule has 0 saturated heterocycles. The number of hydrogen-bond donors (Lipinski definition) is 1. The minimum absolute atomic E-state index is 0.0789. The molecule has 0 unspecified atom stereocenters. The zero-order valence-corrected chi connectivity index (χ0v) is 17.2. The molecule has 142 valence electrons. The summed E-state index contributed by atoms with van der Waals surface area (Å²) < 4.78 is 26.0. The summed E-state index contributed by atoms with van der Waals surface area (Å²) in [5, 5.41) is 3.65. The van der Waals surface area contributed by atoms with Gasteiger partial charge in [0.15, 0.2) is 9.84 Å². The molecule has 0 fully saturated rings. The van der Waals surface area contributed by atoms with Gasteiger partial charge in [-0.1, -0.05) is 18.2 Å². The van der Waals surface area contributed by atoms with Crippen LogP contribution in [-0.4, -0.2) is 25.1 Å². The summed E-state index contributed by atoms with van der Waals surface area (Å²) >= 11 is 1.53. The lowest BCUT2D eigenvalue weighted by Gasteiger charge is -2.11. The maximum absolute atomic E-state index is 12.5. The van der Waals surface area contributed by atoms with Crippen LogP contribution in [-0.2, 0) is 14.6 Å². The first kappa shape index (κ1) is 19.5. The minimum Gasteiger partial charge on any atom is -0.347 e. The Labute approximate surface area is 163 Å². The molecule has 5 nitrogen and oxygen atoms in total. The Hall–Kier alpha value is -2.25. The summed E-state index contributed by atoms with van der Waals surface area (Å²) in [5.41, 5.74) is 2.86. The van der Waals surface area contributed by atoms with Crippen LogP contribution in [0.4, 0.5) is 0 Å². The van der Waals surface area contributed by atoms with Crippen molar-refractivity contribution in [3.05, 3.63) is 58.6 Å². The lowest BCUT2D eigenvalue weighted by molar-refractivity contribution is -0.121. The summed E-state index contributed by atoms with van der Waals surface area (Å²) in [6.45, 7) is 5.66. The molecule has 1 N–H and O–H groups in total. The predicted molar refractivity (Wildman–Crippen MR) is 109 cm³/mol. The van der Waals surface area contributed by atoms with Crippen LogP contribution in [0.3, 0.4) is 0 Å². The molecule has 0 saturated carbocycles. The molecule has 0 aliphatic carbocycles. The summed E-state index contributed by atoms with van der Waals surface area (Å²) in [5.74, 6) is -0.511. The lowest BCUT2D eigenvalue weighted by atomic mass is 10.1. The number of rotatable bonds is 6. The number of aromatic nitrogens is 1. The van der Waals surface area contributed by atoms with Gasteiger partial charge in [0, 0.05) is 6.42 Å². The molecule has 1 amide bonds. The van der Waals surface area contributed by atoms with E-state index in [1.165, 1.54) is 11.3 Å². The van der Waals surface area contributed by atoms with Crippen LogP contribution in [0.25, 0.3) is 10.2 Å². The first-order valence-electron chi connectivity index (χ1n) is 8.71. The SMILES string of the molecule is Cc1ccc(S(=O)(=O)CCC(=O)N[C@H](C)c2nc3ccccc3s2)cc1C. The molecule has 7 heteroatoms. The van der Waals surface area contributed by atoms with Gasteiger partial charge in [0.25, 0.3) is 0 Å². The van der Waals surface area contributed by atoms with Crippen LogP contribution < -0.4 is 5.32 Å². The van der Waals surface area contributed by atoms with Crippen LogP contribution in [0.5, 0.6) is 0 Å². The predicted octanol–water partition coefficient (Wildman–Crippen LogP) is 3.95. The van der Waals surface area contributed by atoms with Crippen molar-refractivity contribution in [2.75, 3.05) is 5.75 Å². The third-order valence-corrected chi connectivity index (χ3v) is 7.43. The van der Waals surface area contributed by atoms with E-state index < -0.39 is 9.84 Å². The molecule has 1 atom stereocenters. The topological polar surface area (TPSA) is 76.1 Å². The summed E-state index contributed by atoms with van der Waals surface area (Å²) in [6.07, 6.45) is -0.0789. The molecule has 1 heterocycles. The number of aryl methyl sites for hydroxylation is 2. The molecule has 0 aliphatic heterocycles. The van der Waals surface area contributed by atoms with E-state index in [9.17, 15) is 13.2 Å². The average molecular weight is 403 g/mol. The van der Waals surface area contributed by atoms with Gasteiger partial charge in [-0.2, -0.15) is 0 Å². The highest BCUT2D eigenvalue weighted by Crippen LogP contribution is 2.26. The Morgan fingerprint density at radius 2 is 1.89 bits per heavy atom. The standard InChI is InChI=1S/C20H22N2O3S2/c1-13-8-9-16(12-14(13)2)27(24,25)11-10-19(23)21-15(3)20-22-17-6-4-5-7-18(17)26-20/h4-9,12,15H,10-11H2,1-3H3,(H,21,23)/t15-/m1/s1. The third-order valence-electron chi connectivity index (χ3n) is 4.49. The molecular weight excluding hydrogens is 380 g/mol. The lowest BCUT2D eigenvalue weighted by Crippen LogP contribution is -2.28. The Morgan fingerprint density at radius 1 is 1.15 bits per heavy atom. The van der Waals surface area contributed by atoms with E-state index in [0.717, 1.165) is 26.4 Å². The van der Waals surface area contributed by atoms with E-state index in [0.29, 0.717) is 0 Å². The van der Waals surface area contributed by atoms with E-state index >= 15 is 0 Å². The van der Waals surface area contributed by atoms with Crippen molar-refractivity contribution in [1.29, 1.82) is 0 Å². The smallest absolute Gasteiger partial charge is 0.221 e. The largest absolute Gasteiger partial charge is 0.347 e. The number of fused-ring (bicyclic) bond motifs is 1. The Bertz CT molecular complexity index is 1050. The molecular formula is C20H22N2O3S2. The van der Waals surface area contributed by atoms with Gasteiger partial charge in [0.1, 0.15) is 5.01 Å². The first-order valence-corrected chi connectivity index (χ1v) is 11.2. The van der Waals surface area contributed by atoms with Gasteiger partial charge in [-0.25, -0.2) is 13.4 Å². The quantitative estimate of drug-likeness (QED) is 0.677. The minimum atomic E-state index is -3.49. The van der Waals surface area contributed by atoms with E-state index in [2.05, 4.69) is 10.3 Å². The number of hydrogen-bond acceptors (Lipinski definition) is 5. The number of nitrogens with one attached hydrogen (secondary N) is 1. The first-order chi connectivity index (χ1) is 12.8. The number of sulfone groups is 1. The number of carbonyl (C=O) groups excluding carboxylic acids is 1. The summed E-state index contributed by atoms with van der Waals surface area (Å²) in [7, 11) is -3.49. The Kier molecular flexibility index (Phi) is 5.62. The zero-order chi connectivity index (χ0) is 19.6. The molecule has 3 rings (SSSR count). The van der Waals surface area contributed by atoms with E-state index in [1.807, 2.05) is 45.0 Å². The molecule has 0 spiro atoms. The second kappa shape index (κ2) is 7.78. The number of benzene rings is 2. The molecule has 2 aromatic carbocycles. The van der Waals surface area contributed by atoms with Crippen molar-refractivity contribution in [2.45, 2.75) is 38.1 Å². The number of carbonyl (C=O) groups is 1. The van der Waals surface area contributed by atoms with Crippen molar-refractivity contribution >= 4 is 37.3 Å². The molecule has 3 aromatic rings. The maximum Gasteiger partial charge on any atom is 0.221 e. The number of para-hydroxylation sites is 1. The summed E-state index contributed by atoms with van der Waals surface area (Å²) in [4.78, 5) is 17.0. The van der Waals surface area contributed by atoms with Crippen LogP contribution in [0, 0.1) is 13.8 Å². The van der Waals surface area contributed by atoms with E-state index in [4.69, 9.17) is 0 Å². The molecule has 1 aromatic heterocycles. The van der Waals surface area contributed by atoms with E-state index in [1.54, 1.807) is 18.2 Å². The van der Waals surface area contributed by atoms with Crippen LogP contribution in [0.2, 0.25) is 0 Å². The average Bonchev–Trinajstić information content (AvgIpc) is 3.06. The normalized spacial score (nSPS) is 12.9. The highest BCUT2D eigenvalue weighted by atomic mass is 32.2. The number of nitrogens with zero attached hydrogens (tertiary/aromatic N) is 1. The highest BCUT2D eigenvalue weighted by molar-refractivity contribution is 7.91. The highest BCUT2D eigenvalue weighted by Gasteiger charge is 2.19. The van der Waals surface area contributed by atoms with Gasteiger partial charge in [-0.3, -0.25) is 4.79 Å². The second-order valence-corrected chi connectivity index (χ2v) is 9.80. The molecule has 0 aliphatic rings. The van der Waals surface area contributed by atoms with Crippen molar-refractivity contribution in [3.8, 4) is 0 Å². The van der Waals surface area contributed by atoms with Crippen LogP contribution in [0.15, 0.2) is 47.4 Å². The Balaban J connectivity index is 1.62. The molecule has 0 radical (unpaired) electrons. The van der Waals surface area contributed by atoms with Crippen LogP contribution >= 0.6 is 11.3 Å². The van der Waals surface area contributed by atoms with Gasteiger partial charge in [-0.05, 0) is 56.2 Å². The van der Waals surface area contributed by atoms with Gasteiger partial charge in [0.05, 0.1) is 26.9 Å². The van der Waals surface area contributed by atoms with Crippen molar-refractivity contribution in [3.63, 3.8) is 0 Å². The van der Waals surface area contributed by atoms with Gasteiger partial charge < -0.3 is 5.32 Å². The molecule has 0 bridgehead atoms. The fraction of sp³-hybridized carbons (Fsp3) is 0.300. The van der Waals surface area contributed by atoms with E-state index in [-0.39, 0.29) is 29.0 Å². The van der Waals surface area contributed by atoms with Gasteiger partial charge in [0.2, 0.25) is 5.91 Å². The van der Waals surface area contributed by atoms with Crippen molar-refractivity contribution in [2.24, 2.45) is 0 Å². The fourth-order valence-electron chi connectivity index (χ4n) is 2.70. The maximum atomic E-state index is 12.5. The monoisotopic (exact) mass is 402 g/mol. The zero-order valence-electron chi connectivity index (χ0n) is 15.5. The summed E-state index contributed by atoms with van der Waals surface area (Å²) in [6, 6.07) is 12.6.